The number of carbonyl (C=O) groups is 1. The highest BCUT2D eigenvalue weighted by atomic mass is 32.1. The second-order valence-corrected chi connectivity index (χ2v) is 3.87. The molecule has 1 rings (SSSR count). The van der Waals surface area contributed by atoms with E-state index in [1.165, 1.54) is 16.3 Å². The largest absolute Gasteiger partial charge is 0.364 e. The summed E-state index contributed by atoms with van der Waals surface area (Å²) in [5, 5.41) is 6.55. The second kappa shape index (κ2) is 4.92. The average molecular weight is 229 g/mol. The summed E-state index contributed by atoms with van der Waals surface area (Å²) in [6, 6.07) is 3.59. The Labute approximate surface area is 91.9 Å². The number of nitrogens with one attached hydrogen (secondary N) is 2. The minimum Gasteiger partial charge on any atom is -0.364 e. The van der Waals surface area contributed by atoms with Gasteiger partial charge in [0.2, 0.25) is 0 Å². The van der Waals surface area contributed by atoms with Gasteiger partial charge in [0.15, 0.2) is 5.11 Å². The van der Waals surface area contributed by atoms with Crippen LogP contribution in [0.3, 0.4) is 0 Å². The maximum Gasteiger partial charge on any atom is 0.279 e. The lowest BCUT2D eigenvalue weighted by atomic mass is 10.4. The zero-order chi connectivity index (χ0) is 10.6. The molecule has 0 aliphatic heterocycles. The van der Waals surface area contributed by atoms with Crippen LogP contribution in [0.4, 0.5) is 0 Å². The number of nitrogens with zero attached hydrogens (tertiary/aromatic N) is 1. The number of rotatable bonds is 1. The first-order valence-electron chi connectivity index (χ1n) is 3.95. The highest BCUT2D eigenvalue weighted by Crippen LogP contribution is 2.07. The Morgan fingerprint density at radius 3 is 2.86 bits per heavy atom. The normalized spacial score (nSPS) is 9.29. The van der Waals surface area contributed by atoms with E-state index in [9.17, 15) is 4.79 Å². The van der Waals surface area contributed by atoms with Crippen LogP contribution in [0.5, 0.6) is 0 Å². The fourth-order valence-corrected chi connectivity index (χ4v) is 1.49. The Hall–Kier alpha value is -1.14. The SMILES string of the molecule is CNC(=S)N(C)NC(=O)c1cccs1. The van der Waals surface area contributed by atoms with Gasteiger partial charge in [-0.05, 0) is 23.7 Å². The first-order chi connectivity index (χ1) is 6.65. The third-order valence-electron chi connectivity index (χ3n) is 1.53. The van der Waals surface area contributed by atoms with Crippen LogP contribution in [0.15, 0.2) is 17.5 Å². The van der Waals surface area contributed by atoms with Gasteiger partial charge >= 0.3 is 0 Å². The maximum absolute atomic E-state index is 11.5. The van der Waals surface area contributed by atoms with Crippen LogP contribution < -0.4 is 10.7 Å². The Bertz CT molecular complexity index is 323. The van der Waals surface area contributed by atoms with E-state index >= 15 is 0 Å². The number of amides is 1. The van der Waals surface area contributed by atoms with Crippen molar-refractivity contribution in [2.45, 2.75) is 0 Å². The molecule has 6 heteroatoms. The van der Waals surface area contributed by atoms with Crippen molar-refractivity contribution in [1.82, 2.24) is 15.8 Å². The number of thiophene rings is 1. The summed E-state index contributed by atoms with van der Waals surface area (Å²) in [6.45, 7) is 0. The van der Waals surface area contributed by atoms with Gasteiger partial charge in [-0.2, -0.15) is 0 Å². The zero-order valence-corrected chi connectivity index (χ0v) is 9.54. The lowest BCUT2D eigenvalue weighted by Gasteiger charge is -2.19. The minimum absolute atomic E-state index is 0.153. The second-order valence-electron chi connectivity index (χ2n) is 2.53. The van der Waals surface area contributed by atoms with Crippen LogP contribution in [0.2, 0.25) is 0 Å². The predicted molar refractivity (Wildman–Crippen MR) is 61.2 cm³/mol. The summed E-state index contributed by atoms with van der Waals surface area (Å²) in [7, 11) is 3.39. The quantitative estimate of drug-likeness (QED) is 0.553. The Kier molecular flexibility index (Phi) is 3.84. The highest BCUT2D eigenvalue weighted by molar-refractivity contribution is 7.80. The summed E-state index contributed by atoms with van der Waals surface area (Å²) in [5.74, 6) is -0.153. The van der Waals surface area contributed by atoms with Crippen LogP contribution in [0.25, 0.3) is 0 Å². The van der Waals surface area contributed by atoms with E-state index in [-0.39, 0.29) is 5.91 Å². The van der Waals surface area contributed by atoms with Crippen LogP contribution in [-0.4, -0.2) is 30.1 Å². The number of hydrogen-bond donors (Lipinski definition) is 2. The van der Waals surface area contributed by atoms with Crippen molar-refractivity contribution in [2.24, 2.45) is 0 Å². The first-order valence-corrected chi connectivity index (χ1v) is 5.24. The van der Waals surface area contributed by atoms with Crippen molar-refractivity contribution in [1.29, 1.82) is 0 Å². The Balaban J connectivity index is 2.53. The summed E-state index contributed by atoms with van der Waals surface area (Å²) in [6.07, 6.45) is 0. The van der Waals surface area contributed by atoms with E-state index in [4.69, 9.17) is 12.2 Å². The van der Waals surface area contributed by atoms with Gasteiger partial charge in [0, 0.05) is 14.1 Å². The number of thiocarbonyl (C=S) groups is 1. The van der Waals surface area contributed by atoms with Crippen molar-refractivity contribution in [3.63, 3.8) is 0 Å². The van der Waals surface area contributed by atoms with Crippen LogP contribution >= 0.6 is 23.6 Å². The lowest BCUT2D eigenvalue weighted by Crippen LogP contribution is -2.46. The number of hydrazine groups is 1. The molecular weight excluding hydrogens is 218 g/mol. The molecule has 1 aromatic rings. The molecule has 0 aromatic carbocycles. The minimum atomic E-state index is -0.153. The summed E-state index contributed by atoms with van der Waals surface area (Å²) in [5.41, 5.74) is 2.63. The van der Waals surface area contributed by atoms with Gasteiger partial charge in [-0.3, -0.25) is 15.2 Å². The molecule has 0 atom stereocenters. The standard InChI is InChI=1S/C8H11N3OS2/c1-9-8(13)11(2)10-7(12)6-4-3-5-14-6/h3-5H,1-2H3,(H,9,13)(H,10,12). The zero-order valence-electron chi connectivity index (χ0n) is 7.90. The molecule has 0 aliphatic rings. The summed E-state index contributed by atoms with van der Waals surface area (Å²) < 4.78 is 0. The van der Waals surface area contributed by atoms with Gasteiger partial charge < -0.3 is 5.32 Å². The van der Waals surface area contributed by atoms with Crippen molar-refractivity contribution >= 4 is 34.6 Å². The van der Waals surface area contributed by atoms with E-state index < -0.39 is 0 Å². The third kappa shape index (κ3) is 2.68. The van der Waals surface area contributed by atoms with Gasteiger partial charge in [-0.25, -0.2) is 0 Å². The predicted octanol–water partition coefficient (Wildman–Crippen LogP) is 0.829. The smallest absolute Gasteiger partial charge is 0.279 e. The molecule has 0 radical (unpaired) electrons. The van der Waals surface area contributed by atoms with Crippen LogP contribution in [0.1, 0.15) is 9.67 Å². The fraction of sp³-hybridized carbons (Fsp3) is 0.250. The number of hydrogen-bond acceptors (Lipinski definition) is 3. The molecule has 0 unspecified atom stereocenters. The fourth-order valence-electron chi connectivity index (χ4n) is 0.834. The van der Waals surface area contributed by atoms with Crippen molar-refractivity contribution < 1.29 is 4.79 Å². The average Bonchev–Trinajstić information content (AvgIpc) is 2.69. The molecule has 76 valence electrons. The molecule has 0 saturated carbocycles. The molecule has 0 fully saturated rings. The molecule has 0 spiro atoms. The van der Waals surface area contributed by atoms with Crippen LogP contribution in [0, 0.1) is 0 Å². The van der Waals surface area contributed by atoms with E-state index in [0.29, 0.717) is 9.99 Å². The van der Waals surface area contributed by atoms with Crippen molar-refractivity contribution in [3.05, 3.63) is 22.4 Å². The van der Waals surface area contributed by atoms with Gasteiger partial charge in [0.1, 0.15) is 0 Å². The summed E-state index contributed by atoms with van der Waals surface area (Å²) >= 11 is 6.32. The maximum atomic E-state index is 11.5. The molecule has 1 aromatic heterocycles. The molecule has 1 amide bonds. The first kappa shape index (κ1) is 10.9. The topological polar surface area (TPSA) is 44.4 Å². The molecule has 1 heterocycles. The third-order valence-corrected chi connectivity index (χ3v) is 2.88. The Morgan fingerprint density at radius 1 is 1.64 bits per heavy atom. The molecule has 2 N–H and O–H groups in total. The molecule has 0 aliphatic carbocycles. The number of carbonyl (C=O) groups excluding carboxylic acids is 1. The van der Waals surface area contributed by atoms with Crippen LogP contribution in [-0.2, 0) is 0 Å². The van der Waals surface area contributed by atoms with Gasteiger partial charge in [-0.15, -0.1) is 11.3 Å². The Morgan fingerprint density at radius 2 is 2.36 bits per heavy atom. The highest BCUT2D eigenvalue weighted by Gasteiger charge is 2.09. The molecular formula is C8H11N3OS2. The monoisotopic (exact) mass is 229 g/mol. The molecule has 0 bridgehead atoms. The van der Waals surface area contributed by atoms with Gasteiger partial charge in [-0.1, -0.05) is 6.07 Å². The summed E-state index contributed by atoms with van der Waals surface area (Å²) in [4.78, 5) is 12.2. The van der Waals surface area contributed by atoms with Crippen molar-refractivity contribution in [3.8, 4) is 0 Å². The van der Waals surface area contributed by atoms with Gasteiger partial charge in [0.25, 0.3) is 5.91 Å². The molecule has 14 heavy (non-hydrogen) atoms. The van der Waals surface area contributed by atoms with E-state index in [0.717, 1.165) is 0 Å². The van der Waals surface area contributed by atoms with Gasteiger partial charge in [0.05, 0.1) is 4.88 Å². The lowest BCUT2D eigenvalue weighted by molar-refractivity contribution is 0.0891. The van der Waals surface area contributed by atoms with Crippen molar-refractivity contribution in [2.75, 3.05) is 14.1 Å². The molecule has 0 saturated heterocycles. The van der Waals surface area contributed by atoms with E-state index in [1.807, 2.05) is 11.4 Å². The van der Waals surface area contributed by atoms with E-state index in [2.05, 4.69) is 10.7 Å². The molecule has 4 nitrogen and oxygen atoms in total. The van der Waals surface area contributed by atoms with E-state index in [1.54, 1.807) is 20.2 Å².